The van der Waals surface area contributed by atoms with Crippen LogP contribution in [0.25, 0.3) is 0 Å². The standard InChI is InChI=1S/C19H23F2N3/c1-13-12-24(18(10-22)11-23-13)19(14-2-6-16(20)7-3-14)15-4-8-17(21)9-5-15/h2-9,13,18-19,23H,10-12,22H2,1H3. The molecule has 0 spiro atoms. The number of nitrogens with two attached hydrogens (primary N) is 1. The Morgan fingerprint density at radius 2 is 1.54 bits per heavy atom. The van der Waals surface area contributed by atoms with Gasteiger partial charge in [0.2, 0.25) is 0 Å². The van der Waals surface area contributed by atoms with Crippen LogP contribution in [0.1, 0.15) is 24.1 Å². The molecular formula is C19H23F2N3. The lowest BCUT2D eigenvalue weighted by atomic mass is 9.93. The van der Waals surface area contributed by atoms with Crippen LogP contribution in [0.3, 0.4) is 0 Å². The maximum Gasteiger partial charge on any atom is 0.123 e. The topological polar surface area (TPSA) is 41.3 Å². The third-order valence-corrected chi connectivity index (χ3v) is 4.63. The fourth-order valence-corrected chi connectivity index (χ4v) is 3.38. The van der Waals surface area contributed by atoms with Crippen LogP contribution >= 0.6 is 0 Å². The Hall–Kier alpha value is -1.82. The summed E-state index contributed by atoms with van der Waals surface area (Å²) in [6, 6.07) is 13.5. The molecule has 128 valence electrons. The SMILES string of the molecule is CC1CN(C(c2ccc(F)cc2)c2ccc(F)cc2)C(CN)CN1. The molecule has 0 radical (unpaired) electrons. The quantitative estimate of drug-likeness (QED) is 0.905. The summed E-state index contributed by atoms with van der Waals surface area (Å²) >= 11 is 0. The van der Waals surface area contributed by atoms with E-state index < -0.39 is 0 Å². The second-order valence-electron chi connectivity index (χ2n) is 6.40. The highest BCUT2D eigenvalue weighted by molar-refractivity contribution is 5.33. The average molecular weight is 331 g/mol. The first-order valence-electron chi connectivity index (χ1n) is 8.28. The van der Waals surface area contributed by atoms with Gasteiger partial charge in [-0.1, -0.05) is 24.3 Å². The van der Waals surface area contributed by atoms with Gasteiger partial charge in [-0.3, -0.25) is 4.90 Å². The van der Waals surface area contributed by atoms with E-state index in [1.807, 2.05) is 0 Å². The fourth-order valence-electron chi connectivity index (χ4n) is 3.38. The van der Waals surface area contributed by atoms with Gasteiger partial charge in [0.05, 0.1) is 6.04 Å². The lowest BCUT2D eigenvalue weighted by Crippen LogP contribution is -2.58. The predicted octanol–water partition coefficient (Wildman–Crippen LogP) is 2.68. The van der Waals surface area contributed by atoms with Crippen LogP contribution in [0.2, 0.25) is 0 Å². The van der Waals surface area contributed by atoms with E-state index in [-0.39, 0.29) is 23.7 Å². The maximum atomic E-state index is 13.4. The molecule has 2 aromatic rings. The van der Waals surface area contributed by atoms with Crippen molar-refractivity contribution in [3.8, 4) is 0 Å². The normalized spacial score (nSPS) is 22.0. The molecule has 0 aliphatic carbocycles. The van der Waals surface area contributed by atoms with Crippen molar-refractivity contribution in [3.63, 3.8) is 0 Å². The average Bonchev–Trinajstić information content (AvgIpc) is 2.59. The minimum atomic E-state index is -0.263. The first-order chi connectivity index (χ1) is 11.6. The number of piperazine rings is 1. The Kier molecular flexibility index (Phi) is 5.23. The first-order valence-corrected chi connectivity index (χ1v) is 8.28. The van der Waals surface area contributed by atoms with Gasteiger partial charge in [-0.15, -0.1) is 0 Å². The molecule has 24 heavy (non-hydrogen) atoms. The summed E-state index contributed by atoms with van der Waals surface area (Å²) < 4.78 is 26.7. The number of halogens is 2. The first kappa shape index (κ1) is 17.0. The second kappa shape index (κ2) is 7.38. The minimum absolute atomic E-state index is 0.0794. The number of hydrogen-bond donors (Lipinski definition) is 2. The van der Waals surface area contributed by atoms with Crippen LogP contribution < -0.4 is 11.1 Å². The number of nitrogens with one attached hydrogen (secondary N) is 1. The van der Waals surface area contributed by atoms with Crippen LogP contribution in [-0.4, -0.2) is 36.6 Å². The molecule has 1 aliphatic heterocycles. The Labute approximate surface area is 141 Å². The van der Waals surface area contributed by atoms with Gasteiger partial charge in [-0.2, -0.15) is 0 Å². The van der Waals surface area contributed by atoms with Gasteiger partial charge in [0, 0.05) is 31.7 Å². The smallest absolute Gasteiger partial charge is 0.123 e. The van der Waals surface area contributed by atoms with Gasteiger partial charge < -0.3 is 11.1 Å². The van der Waals surface area contributed by atoms with Gasteiger partial charge in [-0.25, -0.2) is 8.78 Å². The largest absolute Gasteiger partial charge is 0.329 e. The van der Waals surface area contributed by atoms with E-state index >= 15 is 0 Å². The van der Waals surface area contributed by atoms with Crippen molar-refractivity contribution in [2.75, 3.05) is 19.6 Å². The van der Waals surface area contributed by atoms with Crippen molar-refractivity contribution < 1.29 is 8.78 Å². The van der Waals surface area contributed by atoms with Crippen molar-refractivity contribution in [2.24, 2.45) is 5.73 Å². The van der Waals surface area contributed by atoms with Crippen molar-refractivity contribution in [1.29, 1.82) is 0 Å². The molecule has 3 N–H and O–H groups in total. The molecule has 2 atom stereocenters. The monoisotopic (exact) mass is 331 g/mol. The zero-order chi connectivity index (χ0) is 17.1. The van der Waals surface area contributed by atoms with E-state index in [0.29, 0.717) is 12.6 Å². The molecule has 0 amide bonds. The molecule has 2 unspecified atom stereocenters. The van der Waals surface area contributed by atoms with E-state index in [2.05, 4.69) is 17.1 Å². The van der Waals surface area contributed by atoms with Crippen LogP contribution in [0.15, 0.2) is 48.5 Å². The molecule has 0 bridgehead atoms. The molecule has 1 saturated heterocycles. The Morgan fingerprint density at radius 1 is 1.04 bits per heavy atom. The zero-order valence-electron chi connectivity index (χ0n) is 13.8. The number of nitrogens with zero attached hydrogens (tertiary/aromatic N) is 1. The predicted molar refractivity (Wildman–Crippen MR) is 91.7 cm³/mol. The lowest BCUT2D eigenvalue weighted by Gasteiger charge is -2.44. The van der Waals surface area contributed by atoms with E-state index in [0.717, 1.165) is 24.2 Å². The van der Waals surface area contributed by atoms with E-state index in [1.165, 1.54) is 24.3 Å². The summed E-state index contributed by atoms with van der Waals surface area (Å²) in [7, 11) is 0. The van der Waals surface area contributed by atoms with E-state index in [1.54, 1.807) is 24.3 Å². The van der Waals surface area contributed by atoms with Crippen molar-refractivity contribution in [1.82, 2.24) is 10.2 Å². The molecule has 3 nitrogen and oxygen atoms in total. The Morgan fingerprint density at radius 3 is 2.00 bits per heavy atom. The number of rotatable bonds is 4. The fraction of sp³-hybridized carbons (Fsp3) is 0.368. The molecule has 1 aliphatic rings. The Balaban J connectivity index is 2.03. The van der Waals surface area contributed by atoms with Crippen LogP contribution in [0, 0.1) is 11.6 Å². The molecule has 1 heterocycles. The van der Waals surface area contributed by atoms with Gasteiger partial charge in [0.1, 0.15) is 11.6 Å². The minimum Gasteiger partial charge on any atom is -0.329 e. The summed E-state index contributed by atoms with van der Waals surface area (Å²) in [5, 5.41) is 3.45. The third-order valence-electron chi connectivity index (χ3n) is 4.63. The van der Waals surface area contributed by atoms with Gasteiger partial charge >= 0.3 is 0 Å². The van der Waals surface area contributed by atoms with E-state index in [9.17, 15) is 8.78 Å². The second-order valence-corrected chi connectivity index (χ2v) is 6.40. The van der Waals surface area contributed by atoms with Gasteiger partial charge in [-0.05, 0) is 42.3 Å². The van der Waals surface area contributed by atoms with Crippen LogP contribution in [-0.2, 0) is 0 Å². The summed E-state index contributed by atoms with van der Waals surface area (Å²) in [6.07, 6.45) is 0. The number of benzene rings is 2. The van der Waals surface area contributed by atoms with E-state index in [4.69, 9.17) is 5.73 Å². The highest BCUT2D eigenvalue weighted by atomic mass is 19.1. The molecule has 5 heteroatoms. The Bertz CT molecular complexity index is 612. The summed E-state index contributed by atoms with van der Waals surface area (Å²) in [4.78, 5) is 2.33. The molecule has 1 fully saturated rings. The van der Waals surface area contributed by atoms with Crippen LogP contribution in [0.4, 0.5) is 8.78 Å². The highest BCUT2D eigenvalue weighted by Crippen LogP contribution is 2.31. The molecule has 0 aromatic heterocycles. The van der Waals surface area contributed by atoms with Crippen molar-refractivity contribution >= 4 is 0 Å². The van der Waals surface area contributed by atoms with Gasteiger partial charge in [0.15, 0.2) is 0 Å². The zero-order valence-corrected chi connectivity index (χ0v) is 13.8. The maximum absolute atomic E-state index is 13.4. The lowest BCUT2D eigenvalue weighted by molar-refractivity contribution is 0.107. The molecule has 0 saturated carbocycles. The van der Waals surface area contributed by atoms with Crippen molar-refractivity contribution in [2.45, 2.75) is 25.0 Å². The highest BCUT2D eigenvalue weighted by Gasteiger charge is 2.32. The van der Waals surface area contributed by atoms with Crippen molar-refractivity contribution in [3.05, 3.63) is 71.3 Å². The summed E-state index contributed by atoms with van der Waals surface area (Å²) in [6.45, 7) is 4.28. The van der Waals surface area contributed by atoms with Crippen LogP contribution in [0.5, 0.6) is 0 Å². The van der Waals surface area contributed by atoms with Gasteiger partial charge in [0.25, 0.3) is 0 Å². The molecule has 2 aromatic carbocycles. The molecular weight excluding hydrogens is 308 g/mol. The molecule has 3 rings (SSSR count). The number of hydrogen-bond acceptors (Lipinski definition) is 3. The third kappa shape index (κ3) is 3.64. The summed E-state index contributed by atoms with van der Waals surface area (Å²) in [5.41, 5.74) is 7.94. The summed E-state index contributed by atoms with van der Waals surface area (Å²) in [5.74, 6) is -0.527.